The molecule has 0 bridgehead atoms. The van der Waals surface area contributed by atoms with E-state index in [1.54, 1.807) is 0 Å². The van der Waals surface area contributed by atoms with Crippen molar-refractivity contribution in [2.24, 2.45) is 18.0 Å². The first-order valence-corrected chi connectivity index (χ1v) is 10.5. The fourth-order valence-electron chi connectivity index (χ4n) is 3.79. The quantitative estimate of drug-likeness (QED) is 0.285. The first kappa shape index (κ1) is 23.5. The number of benzene rings is 1. The third-order valence-electron chi connectivity index (χ3n) is 5.27. The molecule has 3 aromatic rings. The Morgan fingerprint density at radius 2 is 2.13 bits per heavy atom. The van der Waals surface area contributed by atoms with E-state index in [2.05, 4.69) is 36.6 Å². The number of rotatable bonds is 6. The molecule has 1 aliphatic heterocycles. The van der Waals surface area contributed by atoms with Crippen LogP contribution in [-0.4, -0.2) is 57.5 Å². The van der Waals surface area contributed by atoms with Crippen LogP contribution in [0.5, 0.6) is 0 Å². The second-order valence-electron chi connectivity index (χ2n) is 7.57. The fraction of sp³-hybridized carbons (Fsp3) is 0.429. The van der Waals surface area contributed by atoms with Gasteiger partial charge >= 0.3 is 0 Å². The fourth-order valence-corrected chi connectivity index (χ4v) is 3.91. The Bertz CT molecular complexity index is 1000. The summed E-state index contributed by atoms with van der Waals surface area (Å²) in [5, 5.41) is 12.4. The summed E-state index contributed by atoms with van der Waals surface area (Å²) in [4.78, 5) is 11.2. The molecule has 0 saturated carbocycles. The van der Waals surface area contributed by atoms with E-state index in [1.807, 2.05) is 49.2 Å². The lowest BCUT2D eigenvalue weighted by molar-refractivity contribution is 0.377. The number of hydrogen-bond acceptors (Lipinski definition) is 5. The number of nitrogens with zero attached hydrogens (tertiary/aromatic N) is 6. The Hall–Kier alpha value is -2.14. The average Bonchev–Trinajstić information content (AvgIpc) is 3.48. The number of nitrogens with one attached hydrogen (secondary N) is 1. The molecule has 31 heavy (non-hydrogen) atoms. The summed E-state index contributed by atoms with van der Waals surface area (Å²) in [6.45, 7) is 2.68. The summed E-state index contributed by atoms with van der Waals surface area (Å²) < 4.78 is 7.24. The van der Waals surface area contributed by atoms with Gasteiger partial charge in [-0.05, 0) is 48.6 Å². The van der Waals surface area contributed by atoms with Crippen molar-refractivity contribution >= 4 is 41.5 Å². The minimum atomic E-state index is 0. The predicted molar refractivity (Wildman–Crippen MR) is 132 cm³/mol. The largest absolute Gasteiger partial charge is 0.356 e. The highest BCUT2D eigenvalue weighted by Gasteiger charge is 2.25. The van der Waals surface area contributed by atoms with Crippen LogP contribution in [0.4, 0.5) is 0 Å². The van der Waals surface area contributed by atoms with Gasteiger partial charge in [0.2, 0.25) is 11.7 Å². The number of aliphatic imine (C=N–C) groups is 1. The predicted octanol–water partition coefficient (Wildman–Crippen LogP) is 3.42. The summed E-state index contributed by atoms with van der Waals surface area (Å²) in [7, 11) is 3.78. The van der Waals surface area contributed by atoms with Gasteiger partial charge in [-0.2, -0.15) is 10.1 Å². The number of hydrogen-bond donors (Lipinski definition) is 1. The van der Waals surface area contributed by atoms with Gasteiger partial charge in [-0.1, -0.05) is 16.8 Å². The van der Waals surface area contributed by atoms with Crippen LogP contribution in [0.25, 0.3) is 11.4 Å². The molecular formula is C21H27ClIN7O. The monoisotopic (exact) mass is 555 g/mol. The molecule has 1 saturated heterocycles. The second-order valence-corrected chi connectivity index (χ2v) is 8.01. The Kier molecular flexibility index (Phi) is 8.30. The van der Waals surface area contributed by atoms with Crippen molar-refractivity contribution in [3.63, 3.8) is 0 Å². The summed E-state index contributed by atoms with van der Waals surface area (Å²) in [6.07, 6.45) is 6.89. The summed E-state index contributed by atoms with van der Waals surface area (Å²) in [6, 6.07) is 7.39. The third-order valence-corrected chi connectivity index (χ3v) is 5.52. The molecule has 10 heteroatoms. The molecule has 0 radical (unpaired) electrons. The summed E-state index contributed by atoms with van der Waals surface area (Å²) in [5.41, 5.74) is 2.18. The molecule has 1 aromatic carbocycles. The maximum absolute atomic E-state index is 5.93. The number of guanidine groups is 1. The van der Waals surface area contributed by atoms with Crippen molar-refractivity contribution in [1.29, 1.82) is 0 Å². The van der Waals surface area contributed by atoms with Crippen LogP contribution in [0, 0.1) is 5.92 Å². The lowest BCUT2D eigenvalue weighted by Crippen LogP contribution is -2.41. The van der Waals surface area contributed by atoms with E-state index in [1.165, 1.54) is 5.56 Å². The van der Waals surface area contributed by atoms with Crippen LogP contribution in [-0.2, 0) is 19.9 Å². The minimum absolute atomic E-state index is 0. The van der Waals surface area contributed by atoms with Crippen LogP contribution >= 0.6 is 35.6 Å². The topological polar surface area (TPSA) is 84.4 Å². The molecule has 3 heterocycles. The van der Waals surface area contributed by atoms with E-state index in [4.69, 9.17) is 16.1 Å². The van der Waals surface area contributed by atoms with Gasteiger partial charge in [-0.3, -0.25) is 9.67 Å². The van der Waals surface area contributed by atoms with Crippen molar-refractivity contribution in [2.45, 2.75) is 19.3 Å². The molecule has 0 amide bonds. The Balaban J connectivity index is 0.00000272. The van der Waals surface area contributed by atoms with Crippen LogP contribution in [0.2, 0.25) is 5.02 Å². The van der Waals surface area contributed by atoms with Gasteiger partial charge < -0.3 is 14.7 Å². The highest BCUT2D eigenvalue weighted by Crippen LogP contribution is 2.21. The van der Waals surface area contributed by atoms with Gasteiger partial charge in [-0.25, -0.2) is 0 Å². The van der Waals surface area contributed by atoms with Crippen molar-refractivity contribution in [3.05, 3.63) is 53.1 Å². The lowest BCUT2D eigenvalue weighted by atomic mass is 10.0. The lowest BCUT2D eigenvalue weighted by Gasteiger charge is -2.21. The second kappa shape index (κ2) is 10.9. The van der Waals surface area contributed by atoms with Crippen molar-refractivity contribution in [2.75, 3.05) is 26.7 Å². The van der Waals surface area contributed by atoms with Gasteiger partial charge in [0, 0.05) is 56.9 Å². The van der Waals surface area contributed by atoms with Crippen LogP contribution in [0.3, 0.4) is 0 Å². The average molecular weight is 556 g/mol. The molecule has 0 spiro atoms. The Labute approximate surface area is 204 Å². The van der Waals surface area contributed by atoms with E-state index in [9.17, 15) is 0 Å². The van der Waals surface area contributed by atoms with E-state index in [-0.39, 0.29) is 24.0 Å². The van der Waals surface area contributed by atoms with E-state index < -0.39 is 0 Å². The van der Waals surface area contributed by atoms with Gasteiger partial charge in [0.15, 0.2) is 5.96 Å². The number of aryl methyl sites for hydroxylation is 1. The normalized spacial score (nSPS) is 16.4. The van der Waals surface area contributed by atoms with Crippen molar-refractivity contribution < 1.29 is 4.52 Å². The van der Waals surface area contributed by atoms with E-state index >= 15 is 0 Å². The zero-order valence-corrected chi connectivity index (χ0v) is 20.7. The van der Waals surface area contributed by atoms with Gasteiger partial charge in [0.05, 0.1) is 6.20 Å². The standard InChI is InChI=1S/C21H26ClN7O.HI/c1-23-21(29-10-8-15(14-29)11-16-12-25-28(2)13-16)24-9-7-19-26-20(27-30-19)17-3-5-18(22)6-4-17;/h3-6,12-13,15H,7-11,14H2,1-2H3,(H,23,24);1H. The first-order chi connectivity index (χ1) is 14.6. The maximum Gasteiger partial charge on any atom is 0.228 e. The smallest absolute Gasteiger partial charge is 0.228 e. The Morgan fingerprint density at radius 3 is 2.84 bits per heavy atom. The highest BCUT2D eigenvalue weighted by molar-refractivity contribution is 14.0. The number of halogens is 2. The van der Waals surface area contributed by atoms with Crippen LogP contribution < -0.4 is 5.32 Å². The molecular weight excluding hydrogens is 529 g/mol. The van der Waals surface area contributed by atoms with Crippen molar-refractivity contribution in [3.8, 4) is 11.4 Å². The zero-order valence-electron chi connectivity index (χ0n) is 17.7. The number of aromatic nitrogens is 4. The molecule has 0 aliphatic carbocycles. The summed E-state index contributed by atoms with van der Waals surface area (Å²) in [5.74, 6) is 2.70. The molecule has 1 fully saturated rings. The van der Waals surface area contributed by atoms with Crippen LogP contribution in [0.15, 0.2) is 46.2 Å². The third kappa shape index (κ3) is 6.19. The molecule has 1 N–H and O–H groups in total. The molecule has 166 valence electrons. The summed E-state index contributed by atoms with van der Waals surface area (Å²) >= 11 is 5.93. The van der Waals surface area contributed by atoms with Gasteiger partial charge in [0.25, 0.3) is 0 Å². The van der Waals surface area contributed by atoms with Crippen molar-refractivity contribution in [1.82, 2.24) is 30.1 Å². The van der Waals surface area contributed by atoms with Gasteiger partial charge in [0.1, 0.15) is 0 Å². The molecule has 1 aliphatic rings. The molecule has 1 unspecified atom stereocenters. The molecule has 8 nitrogen and oxygen atoms in total. The number of likely N-dealkylation sites (tertiary alicyclic amines) is 1. The molecule has 1 atom stereocenters. The maximum atomic E-state index is 5.93. The van der Waals surface area contributed by atoms with E-state index in [0.29, 0.717) is 35.6 Å². The Morgan fingerprint density at radius 1 is 1.32 bits per heavy atom. The van der Waals surface area contributed by atoms with Gasteiger partial charge in [-0.15, -0.1) is 24.0 Å². The SMILES string of the molecule is CN=C(NCCc1nc(-c2ccc(Cl)cc2)no1)N1CCC(Cc2cnn(C)c2)C1.I. The molecule has 2 aromatic heterocycles. The molecule has 4 rings (SSSR count). The highest BCUT2D eigenvalue weighted by atomic mass is 127. The van der Waals surface area contributed by atoms with Crippen LogP contribution in [0.1, 0.15) is 17.9 Å². The van der Waals surface area contributed by atoms with E-state index in [0.717, 1.165) is 37.5 Å². The zero-order chi connectivity index (χ0) is 20.9. The first-order valence-electron chi connectivity index (χ1n) is 10.1. The minimum Gasteiger partial charge on any atom is -0.356 e.